The number of hydrogen-bond donors (Lipinski definition) is 0. The maximum Gasteiger partial charge on any atom is 0.0619 e. The first-order valence-corrected chi connectivity index (χ1v) is 17.2. The molecule has 2 aromatic heterocycles. The van der Waals surface area contributed by atoms with Crippen LogP contribution in [0.3, 0.4) is 0 Å². The molecule has 0 saturated carbocycles. The molecule has 2 heteroatoms. The monoisotopic (exact) mass is 636 g/mol. The summed E-state index contributed by atoms with van der Waals surface area (Å²) in [4.78, 5) is 0. The second kappa shape index (κ2) is 11.5. The summed E-state index contributed by atoms with van der Waals surface area (Å²) >= 11 is 0. The van der Waals surface area contributed by atoms with E-state index >= 15 is 0 Å². The van der Waals surface area contributed by atoms with Crippen LogP contribution in [-0.2, 0) is 0 Å². The number of para-hydroxylation sites is 5. The first-order chi connectivity index (χ1) is 24.8. The van der Waals surface area contributed by atoms with Crippen molar-refractivity contribution in [3.63, 3.8) is 0 Å². The molecular formula is C48H32N2. The van der Waals surface area contributed by atoms with E-state index in [-0.39, 0.29) is 0 Å². The van der Waals surface area contributed by atoms with E-state index < -0.39 is 0 Å². The van der Waals surface area contributed by atoms with Crippen molar-refractivity contribution in [1.82, 2.24) is 9.13 Å². The summed E-state index contributed by atoms with van der Waals surface area (Å²) in [7, 11) is 0. The number of hydrogen-bond acceptors (Lipinski definition) is 0. The van der Waals surface area contributed by atoms with E-state index in [0.29, 0.717) is 0 Å². The SMILES string of the molecule is c1ccc(-c2cccc(-c3ccccc3)c2-n2c3ccccc3c3cccc(-c4ccc(-n5c6ccccc6c6ccccc65)cc4)c32)cc1. The number of nitrogens with zero attached hydrogens (tertiary/aromatic N) is 2. The van der Waals surface area contributed by atoms with Gasteiger partial charge in [0.05, 0.1) is 27.8 Å². The van der Waals surface area contributed by atoms with Crippen molar-refractivity contribution in [1.29, 1.82) is 0 Å². The minimum Gasteiger partial charge on any atom is -0.309 e. The number of aromatic nitrogens is 2. The van der Waals surface area contributed by atoms with Crippen LogP contribution >= 0.6 is 0 Å². The molecule has 2 heterocycles. The first kappa shape index (κ1) is 28.4. The molecule has 0 atom stereocenters. The molecule has 0 radical (unpaired) electrons. The van der Waals surface area contributed by atoms with E-state index in [1.807, 2.05) is 0 Å². The number of fused-ring (bicyclic) bond motifs is 6. The zero-order valence-corrected chi connectivity index (χ0v) is 27.4. The topological polar surface area (TPSA) is 9.86 Å². The van der Waals surface area contributed by atoms with E-state index in [2.05, 4.69) is 203 Å². The highest BCUT2D eigenvalue weighted by molar-refractivity contribution is 6.15. The molecule has 0 aliphatic heterocycles. The Hall–Kier alpha value is -6.64. The predicted molar refractivity (Wildman–Crippen MR) is 211 cm³/mol. The zero-order valence-electron chi connectivity index (χ0n) is 27.4. The third kappa shape index (κ3) is 4.36. The normalized spacial score (nSPS) is 11.6. The lowest BCUT2D eigenvalue weighted by molar-refractivity contribution is 1.18. The molecule has 0 saturated heterocycles. The molecule has 0 N–H and O–H groups in total. The third-order valence-electron chi connectivity index (χ3n) is 10.1. The van der Waals surface area contributed by atoms with Gasteiger partial charge in [-0.1, -0.05) is 164 Å². The summed E-state index contributed by atoms with van der Waals surface area (Å²) < 4.78 is 4.90. The van der Waals surface area contributed by atoms with Crippen molar-refractivity contribution in [3.8, 4) is 44.8 Å². The molecular weight excluding hydrogens is 605 g/mol. The van der Waals surface area contributed by atoms with Gasteiger partial charge in [0.1, 0.15) is 0 Å². The summed E-state index contributed by atoms with van der Waals surface area (Å²) in [5.41, 5.74) is 14.3. The van der Waals surface area contributed by atoms with Crippen molar-refractivity contribution < 1.29 is 0 Å². The largest absolute Gasteiger partial charge is 0.309 e. The fourth-order valence-electron chi connectivity index (χ4n) is 7.96. The molecule has 0 fully saturated rings. The molecule has 10 aromatic rings. The second-order valence-corrected chi connectivity index (χ2v) is 12.9. The number of benzene rings is 8. The van der Waals surface area contributed by atoms with Gasteiger partial charge in [0, 0.05) is 43.9 Å². The Morgan fingerprint density at radius 1 is 0.260 bits per heavy atom. The van der Waals surface area contributed by atoms with Gasteiger partial charge in [-0.05, 0) is 47.0 Å². The maximum absolute atomic E-state index is 2.52. The van der Waals surface area contributed by atoms with Crippen molar-refractivity contribution in [2.24, 2.45) is 0 Å². The maximum atomic E-state index is 2.52. The summed E-state index contributed by atoms with van der Waals surface area (Å²) in [5.74, 6) is 0. The standard InChI is InChI=1S/C48H32N2/c1-3-15-33(16-4-1)37-22-13-23-38(34-17-5-2-6-18-34)47(37)50-46-28-12-9-21-42(46)43-25-14-24-39(48(43)50)35-29-31-36(32-30-35)49-44-26-10-7-19-40(44)41-20-8-11-27-45(41)49/h1-32H. The highest BCUT2D eigenvalue weighted by Gasteiger charge is 2.22. The molecule has 50 heavy (non-hydrogen) atoms. The Labute approximate surface area is 290 Å². The average Bonchev–Trinajstić information content (AvgIpc) is 3.71. The molecule has 0 aliphatic rings. The van der Waals surface area contributed by atoms with Crippen LogP contribution in [0.4, 0.5) is 0 Å². The lowest BCUT2D eigenvalue weighted by Gasteiger charge is -2.20. The van der Waals surface area contributed by atoms with Gasteiger partial charge >= 0.3 is 0 Å². The molecule has 2 nitrogen and oxygen atoms in total. The van der Waals surface area contributed by atoms with Gasteiger partial charge < -0.3 is 9.13 Å². The van der Waals surface area contributed by atoms with Crippen LogP contribution < -0.4 is 0 Å². The quantitative estimate of drug-likeness (QED) is 0.178. The van der Waals surface area contributed by atoms with Crippen LogP contribution in [-0.4, -0.2) is 9.13 Å². The lowest BCUT2D eigenvalue weighted by atomic mass is 9.95. The Morgan fingerprint density at radius 3 is 1.22 bits per heavy atom. The minimum atomic E-state index is 1.15. The van der Waals surface area contributed by atoms with Crippen LogP contribution in [0.5, 0.6) is 0 Å². The van der Waals surface area contributed by atoms with Crippen molar-refractivity contribution in [2.75, 3.05) is 0 Å². The van der Waals surface area contributed by atoms with E-state index in [1.54, 1.807) is 0 Å². The predicted octanol–water partition coefficient (Wildman–Crippen LogP) is 12.9. The molecule has 0 unspecified atom stereocenters. The highest BCUT2D eigenvalue weighted by atomic mass is 15.0. The first-order valence-electron chi connectivity index (χ1n) is 17.2. The number of rotatable bonds is 5. The van der Waals surface area contributed by atoms with Crippen molar-refractivity contribution in [2.45, 2.75) is 0 Å². The molecule has 234 valence electrons. The Balaban J connectivity index is 1.25. The Morgan fingerprint density at radius 2 is 0.660 bits per heavy atom. The fourth-order valence-corrected chi connectivity index (χ4v) is 7.96. The molecule has 0 aliphatic carbocycles. The van der Waals surface area contributed by atoms with Crippen LogP contribution in [0.15, 0.2) is 194 Å². The van der Waals surface area contributed by atoms with Gasteiger partial charge in [-0.2, -0.15) is 0 Å². The van der Waals surface area contributed by atoms with Gasteiger partial charge in [-0.15, -0.1) is 0 Å². The van der Waals surface area contributed by atoms with Crippen LogP contribution in [0, 0.1) is 0 Å². The average molecular weight is 637 g/mol. The van der Waals surface area contributed by atoms with Gasteiger partial charge in [0.15, 0.2) is 0 Å². The minimum absolute atomic E-state index is 1.15. The Bertz CT molecular complexity index is 2730. The van der Waals surface area contributed by atoms with Gasteiger partial charge in [0.2, 0.25) is 0 Å². The van der Waals surface area contributed by atoms with Gasteiger partial charge in [-0.25, -0.2) is 0 Å². The van der Waals surface area contributed by atoms with Gasteiger partial charge in [-0.3, -0.25) is 0 Å². The summed E-state index contributed by atoms with van der Waals surface area (Å²) in [5, 5.41) is 5.03. The van der Waals surface area contributed by atoms with E-state index in [9.17, 15) is 0 Å². The molecule has 10 rings (SSSR count). The van der Waals surface area contributed by atoms with Crippen LogP contribution in [0.2, 0.25) is 0 Å². The molecule has 0 spiro atoms. The van der Waals surface area contributed by atoms with E-state index in [0.717, 1.165) is 5.69 Å². The molecule has 0 amide bonds. The van der Waals surface area contributed by atoms with Crippen molar-refractivity contribution >= 4 is 43.6 Å². The highest BCUT2D eigenvalue weighted by Crippen LogP contribution is 2.44. The third-order valence-corrected chi connectivity index (χ3v) is 10.1. The van der Waals surface area contributed by atoms with Crippen LogP contribution in [0.25, 0.3) is 88.4 Å². The second-order valence-electron chi connectivity index (χ2n) is 12.9. The van der Waals surface area contributed by atoms with Crippen molar-refractivity contribution in [3.05, 3.63) is 194 Å². The molecule has 0 bridgehead atoms. The van der Waals surface area contributed by atoms with E-state index in [1.165, 1.54) is 82.7 Å². The molecule has 8 aromatic carbocycles. The smallest absolute Gasteiger partial charge is 0.0619 e. The van der Waals surface area contributed by atoms with Crippen LogP contribution in [0.1, 0.15) is 0 Å². The lowest BCUT2D eigenvalue weighted by Crippen LogP contribution is -2.01. The summed E-state index contributed by atoms with van der Waals surface area (Å²) in [6.45, 7) is 0. The summed E-state index contributed by atoms with van der Waals surface area (Å²) in [6, 6.07) is 70.4. The fraction of sp³-hybridized carbons (Fsp3) is 0. The summed E-state index contributed by atoms with van der Waals surface area (Å²) in [6.07, 6.45) is 0. The van der Waals surface area contributed by atoms with E-state index in [4.69, 9.17) is 0 Å². The van der Waals surface area contributed by atoms with Gasteiger partial charge in [0.25, 0.3) is 0 Å². The zero-order chi connectivity index (χ0) is 33.0. The Kier molecular flexibility index (Phi) is 6.53.